The number of nitrogens with one attached hydrogen (secondary N) is 1. The normalized spacial score (nSPS) is 8.93. The lowest BCUT2D eigenvalue weighted by Gasteiger charge is -1.74. The molecule has 0 heterocycles. The van der Waals surface area contributed by atoms with E-state index in [2.05, 4.69) is 39.0 Å². The van der Waals surface area contributed by atoms with Crippen LogP contribution >= 0.6 is 38.9 Å². The first-order chi connectivity index (χ1) is 6.41. The number of benzene rings is 1. The Bertz CT molecular complexity index is 205. The maximum Gasteiger partial charge on any atom is 0.339 e. The summed E-state index contributed by atoms with van der Waals surface area (Å²) in [5, 5.41) is -0.472. The summed E-state index contributed by atoms with van der Waals surface area (Å²) in [7, 11) is 3.75. The van der Waals surface area contributed by atoms with Gasteiger partial charge in [-0.25, -0.2) is 0 Å². The summed E-state index contributed by atoms with van der Waals surface area (Å²) in [6.07, 6.45) is 0. The van der Waals surface area contributed by atoms with Crippen LogP contribution in [0.25, 0.3) is 0 Å². The Kier molecular flexibility index (Phi) is 13.5. The first-order valence-electron chi connectivity index (χ1n) is 3.69. The maximum atomic E-state index is 9.51. The Balaban J connectivity index is 0. The second-order valence-corrected chi connectivity index (χ2v) is 8.69. The standard InChI is InChI=1S/C6H6.C2H7N.Cl3OP/c1-2-4-6-5-3-1;1-3-2;1-5(2,3)4/h1-6H;3H,1-2H3;. The summed E-state index contributed by atoms with van der Waals surface area (Å²) in [4.78, 5) is 0. The molecule has 14 heavy (non-hydrogen) atoms. The van der Waals surface area contributed by atoms with E-state index in [-0.39, 0.29) is 0 Å². The van der Waals surface area contributed by atoms with Gasteiger partial charge in [0.25, 0.3) is 0 Å². The van der Waals surface area contributed by atoms with E-state index in [4.69, 9.17) is 0 Å². The number of hydrogen-bond donors (Lipinski definition) is 1. The second kappa shape index (κ2) is 11.4. The fraction of sp³-hybridized carbons (Fsp3) is 0.250. The predicted molar refractivity (Wildman–Crippen MR) is 66.6 cm³/mol. The Labute approximate surface area is 99.3 Å². The molecular formula is C8H13Cl3NOP. The highest BCUT2D eigenvalue weighted by molar-refractivity contribution is 8.24. The van der Waals surface area contributed by atoms with Crippen molar-refractivity contribution in [3.63, 3.8) is 0 Å². The van der Waals surface area contributed by atoms with Gasteiger partial charge in [0.05, 0.1) is 0 Å². The van der Waals surface area contributed by atoms with Crippen molar-refractivity contribution in [3.05, 3.63) is 36.4 Å². The van der Waals surface area contributed by atoms with Gasteiger partial charge in [0.2, 0.25) is 0 Å². The minimum Gasteiger partial charge on any atom is -0.323 e. The van der Waals surface area contributed by atoms with Gasteiger partial charge in [0, 0.05) is 0 Å². The zero-order valence-corrected chi connectivity index (χ0v) is 11.1. The van der Waals surface area contributed by atoms with Gasteiger partial charge < -0.3 is 5.32 Å². The fourth-order valence-electron chi connectivity index (χ4n) is 0.385. The van der Waals surface area contributed by atoms with Crippen LogP contribution in [0.1, 0.15) is 0 Å². The van der Waals surface area contributed by atoms with Crippen LogP contribution in [-0.2, 0) is 4.57 Å². The van der Waals surface area contributed by atoms with Crippen molar-refractivity contribution >= 4 is 38.9 Å². The average molecular weight is 277 g/mol. The van der Waals surface area contributed by atoms with Gasteiger partial charge >= 0.3 is 5.20 Å². The van der Waals surface area contributed by atoms with Gasteiger partial charge in [-0.3, -0.25) is 4.57 Å². The monoisotopic (exact) mass is 275 g/mol. The van der Waals surface area contributed by atoms with Crippen LogP contribution in [0.3, 0.4) is 0 Å². The van der Waals surface area contributed by atoms with Gasteiger partial charge in [-0.05, 0) is 47.8 Å². The molecule has 82 valence electrons. The van der Waals surface area contributed by atoms with Gasteiger partial charge in [0.15, 0.2) is 0 Å². The predicted octanol–water partition coefficient (Wildman–Crippen LogP) is 4.33. The lowest BCUT2D eigenvalue weighted by Crippen LogP contribution is -1.89. The van der Waals surface area contributed by atoms with Crippen LogP contribution in [0.15, 0.2) is 36.4 Å². The Hall–Kier alpha value is 0.280. The summed E-state index contributed by atoms with van der Waals surface area (Å²) >= 11 is 13.8. The summed E-state index contributed by atoms with van der Waals surface area (Å²) < 4.78 is 9.51. The molecule has 0 amide bonds. The molecule has 0 atom stereocenters. The molecule has 0 saturated carbocycles. The molecule has 0 radical (unpaired) electrons. The smallest absolute Gasteiger partial charge is 0.323 e. The van der Waals surface area contributed by atoms with E-state index in [9.17, 15) is 4.57 Å². The van der Waals surface area contributed by atoms with Crippen LogP contribution < -0.4 is 5.32 Å². The molecular weight excluding hydrogens is 263 g/mol. The fourth-order valence-corrected chi connectivity index (χ4v) is 0.385. The van der Waals surface area contributed by atoms with Crippen LogP contribution in [0, 0.1) is 0 Å². The highest BCUT2D eigenvalue weighted by Crippen LogP contribution is 2.61. The Morgan fingerprint density at radius 1 is 0.857 bits per heavy atom. The number of rotatable bonds is 0. The third kappa shape index (κ3) is 39.6. The highest BCUT2D eigenvalue weighted by atomic mass is 36.0. The van der Waals surface area contributed by atoms with Crippen LogP contribution in [0.5, 0.6) is 0 Å². The maximum absolute atomic E-state index is 9.51. The molecule has 0 aliphatic carbocycles. The van der Waals surface area contributed by atoms with Gasteiger partial charge in [0.1, 0.15) is 0 Å². The molecule has 0 saturated heterocycles. The molecule has 0 bridgehead atoms. The molecule has 0 fully saturated rings. The number of halogens is 3. The summed E-state index contributed by atoms with van der Waals surface area (Å²) in [5.41, 5.74) is 0. The van der Waals surface area contributed by atoms with Crippen LogP contribution in [0.2, 0.25) is 0 Å². The molecule has 1 N–H and O–H groups in total. The SMILES string of the molecule is CNC.O=P(Cl)(Cl)Cl.c1ccccc1. The van der Waals surface area contributed by atoms with Crippen LogP contribution in [0.4, 0.5) is 0 Å². The van der Waals surface area contributed by atoms with Crippen molar-refractivity contribution in [2.45, 2.75) is 0 Å². The van der Waals surface area contributed by atoms with Crippen molar-refractivity contribution in [2.24, 2.45) is 0 Å². The molecule has 2 nitrogen and oxygen atoms in total. The number of hydrogen-bond acceptors (Lipinski definition) is 2. The Morgan fingerprint density at radius 2 is 0.929 bits per heavy atom. The summed E-state index contributed by atoms with van der Waals surface area (Å²) in [6.45, 7) is 0. The van der Waals surface area contributed by atoms with Crippen molar-refractivity contribution < 1.29 is 4.57 Å². The lowest BCUT2D eigenvalue weighted by molar-refractivity contribution is 0.600. The molecule has 0 aliphatic rings. The molecule has 0 aliphatic heterocycles. The van der Waals surface area contributed by atoms with E-state index in [1.807, 2.05) is 50.5 Å². The van der Waals surface area contributed by atoms with Crippen molar-refractivity contribution in [1.82, 2.24) is 5.32 Å². The van der Waals surface area contributed by atoms with Crippen molar-refractivity contribution in [2.75, 3.05) is 14.1 Å². The van der Waals surface area contributed by atoms with E-state index in [1.54, 1.807) is 0 Å². The van der Waals surface area contributed by atoms with Gasteiger partial charge in [-0.1, -0.05) is 36.4 Å². The zero-order chi connectivity index (χ0) is 11.4. The first-order valence-corrected chi connectivity index (χ1v) is 8.11. The molecule has 0 aromatic heterocycles. The third-order valence-corrected chi connectivity index (χ3v) is 0.667. The second-order valence-electron chi connectivity index (χ2n) is 2.05. The van der Waals surface area contributed by atoms with E-state index < -0.39 is 5.20 Å². The van der Waals surface area contributed by atoms with E-state index in [1.165, 1.54) is 0 Å². The lowest BCUT2D eigenvalue weighted by atomic mass is 10.4. The average Bonchev–Trinajstić information content (AvgIpc) is 2.06. The highest BCUT2D eigenvalue weighted by Gasteiger charge is 2.02. The Morgan fingerprint density at radius 3 is 1.00 bits per heavy atom. The largest absolute Gasteiger partial charge is 0.339 e. The molecule has 1 aromatic rings. The quantitative estimate of drug-likeness (QED) is 0.714. The van der Waals surface area contributed by atoms with Gasteiger partial charge in [-0.15, -0.1) is 0 Å². The van der Waals surface area contributed by atoms with Gasteiger partial charge in [-0.2, -0.15) is 0 Å². The van der Waals surface area contributed by atoms with E-state index in [0.29, 0.717) is 0 Å². The first kappa shape index (κ1) is 16.7. The molecule has 0 spiro atoms. The molecule has 0 unspecified atom stereocenters. The minimum atomic E-state index is -3.22. The molecule has 1 rings (SSSR count). The van der Waals surface area contributed by atoms with E-state index in [0.717, 1.165) is 0 Å². The van der Waals surface area contributed by atoms with Crippen LogP contribution in [-0.4, -0.2) is 14.1 Å². The third-order valence-electron chi connectivity index (χ3n) is 0.667. The van der Waals surface area contributed by atoms with Crippen molar-refractivity contribution in [1.29, 1.82) is 0 Å². The van der Waals surface area contributed by atoms with Crippen molar-refractivity contribution in [3.8, 4) is 0 Å². The zero-order valence-electron chi connectivity index (χ0n) is 7.95. The topological polar surface area (TPSA) is 29.1 Å². The summed E-state index contributed by atoms with van der Waals surface area (Å²) in [6, 6.07) is 12.0. The molecule has 1 aromatic carbocycles. The minimum absolute atomic E-state index is 1.88. The van der Waals surface area contributed by atoms with E-state index >= 15 is 0 Å². The molecule has 6 heteroatoms. The summed E-state index contributed by atoms with van der Waals surface area (Å²) in [5.74, 6) is 0.